The van der Waals surface area contributed by atoms with Gasteiger partial charge in [-0.1, -0.05) is 17.7 Å². The van der Waals surface area contributed by atoms with Gasteiger partial charge in [0.15, 0.2) is 0 Å². The highest BCUT2D eigenvalue weighted by molar-refractivity contribution is 7.89. The number of hydrogen-bond acceptors (Lipinski definition) is 6. The average Bonchev–Trinajstić information content (AvgIpc) is 3.16. The normalized spacial score (nSPS) is 16.6. The number of nitrogens with zero attached hydrogens (tertiary/aromatic N) is 3. The van der Waals surface area contributed by atoms with E-state index in [0.29, 0.717) is 36.8 Å². The van der Waals surface area contributed by atoms with Gasteiger partial charge in [-0.2, -0.15) is 9.41 Å². The fraction of sp³-hybridized carbons (Fsp3) is 0.333. The third kappa shape index (κ3) is 5.03. The quantitative estimate of drug-likeness (QED) is 0.587. The van der Waals surface area contributed by atoms with Crippen molar-refractivity contribution in [2.45, 2.75) is 11.8 Å². The van der Waals surface area contributed by atoms with Gasteiger partial charge in [-0.05, 0) is 31.2 Å². The molecule has 1 N–H and O–H groups in total. The zero-order valence-corrected chi connectivity index (χ0v) is 15.9. The smallest absolute Gasteiger partial charge is 0.254 e. The highest BCUT2D eigenvalue weighted by Crippen LogP contribution is 2.18. The Hall–Kier alpha value is -2.49. The summed E-state index contributed by atoms with van der Waals surface area (Å²) in [5.41, 5.74) is 3.45. The number of aryl methyl sites for hydroxylation is 1. The fourth-order valence-corrected chi connectivity index (χ4v) is 4.18. The van der Waals surface area contributed by atoms with Crippen LogP contribution in [0, 0.1) is 6.92 Å². The first kappa shape index (κ1) is 19.3. The van der Waals surface area contributed by atoms with Crippen molar-refractivity contribution in [2.24, 2.45) is 5.10 Å². The predicted octanol–water partition coefficient (Wildman–Crippen LogP) is 1.04. The molecule has 144 valence electrons. The highest BCUT2D eigenvalue weighted by atomic mass is 32.2. The van der Waals surface area contributed by atoms with Crippen LogP contribution in [0.15, 0.2) is 57.1 Å². The number of rotatable bonds is 6. The Balaban J connectivity index is 1.48. The van der Waals surface area contributed by atoms with Crippen LogP contribution in [0.2, 0.25) is 0 Å². The summed E-state index contributed by atoms with van der Waals surface area (Å²) in [6, 6.07) is 10.3. The second-order valence-electron chi connectivity index (χ2n) is 6.30. The molecule has 2 heterocycles. The summed E-state index contributed by atoms with van der Waals surface area (Å²) in [6.07, 6.45) is 2.94. The third-order valence-corrected chi connectivity index (χ3v) is 6.19. The molecule has 0 saturated carbocycles. The molecule has 1 aromatic carbocycles. The highest BCUT2D eigenvalue weighted by Gasteiger charge is 2.28. The van der Waals surface area contributed by atoms with Crippen molar-refractivity contribution in [3.05, 3.63) is 54.0 Å². The van der Waals surface area contributed by atoms with Crippen molar-refractivity contribution >= 4 is 22.1 Å². The van der Waals surface area contributed by atoms with Crippen LogP contribution in [0.5, 0.6) is 0 Å². The summed E-state index contributed by atoms with van der Waals surface area (Å²) >= 11 is 0. The minimum Gasteiger partial charge on any atom is -0.463 e. The van der Waals surface area contributed by atoms with Crippen molar-refractivity contribution in [2.75, 3.05) is 32.7 Å². The average molecular weight is 390 g/mol. The molecule has 3 rings (SSSR count). The Kier molecular flexibility index (Phi) is 6.04. The molecule has 1 amide bonds. The topological polar surface area (TPSA) is 95.2 Å². The number of hydrazone groups is 1. The molecule has 8 nitrogen and oxygen atoms in total. The number of benzene rings is 1. The lowest BCUT2D eigenvalue weighted by Crippen LogP contribution is -2.50. The first-order valence-electron chi connectivity index (χ1n) is 8.60. The third-order valence-electron chi connectivity index (χ3n) is 4.28. The number of hydrogen-bond donors (Lipinski definition) is 1. The van der Waals surface area contributed by atoms with Gasteiger partial charge in [-0.25, -0.2) is 13.8 Å². The molecule has 0 spiro atoms. The van der Waals surface area contributed by atoms with Crippen LogP contribution in [0.25, 0.3) is 0 Å². The van der Waals surface area contributed by atoms with Gasteiger partial charge in [0.05, 0.1) is 23.9 Å². The minimum absolute atomic E-state index is 0.161. The second-order valence-corrected chi connectivity index (χ2v) is 8.24. The summed E-state index contributed by atoms with van der Waals surface area (Å²) in [5, 5.41) is 3.83. The predicted molar refractivity (Wildman–Crippen MR) is 101 cm³/mol. The molecule has 27 heavy (non-hydrogen) atoms. The molecule has 1 aromatic heterocycles. The van der Waals surface area contributed by atoms with Crippen LogP contribution >= 0.6 is 0 Å². The van der Waals surface area contributed by atoms with Crippen molar-refractivity contribution in [3.63, 3.8) is 0 Å². The Morgan fingerprint density at radius 1 is 1.19 bits per heavy atom. The molecule has 9 heteroatoms. The van der Waals surface area contributed by atoms with E-state index in [2.05, 4.69) is 10.5 Å². The van der Waals surface area contributed by atoms with E-state index in [0.717, 1.165) is 5.56 Å². The summed E-state index contributed by atoms with van der Waals surface area (Å²) in [4.78, 5) is 14.1. The molecule has 0 aliphatic carbocycles. The minimum atomic E-state index is -3.50. The van der Waals surface area contributed by atoms with Crippen LogP contribution in [-0.2, 0) is 14.8 Å². The number of furan rings is 1. The summed E-state index contributed by atoms with van der Waals surface area (Å²) in [6.45, 7) is 3.74. The van der Waals surface area contributed by atoms with Crippen LogP contribution in [-0.4, -0.2) is 62.5 Å². The van der Waals surface area contributed by atoms with Crippen molar-refractivity contribution < 1.29 is 17.6 Å². The number of carbonyl (C=O) groups excluding carboxylic acids is 1. The molecule has 0 bridgehead atoms. The molecular weight excluding hydrogens is 368 g/mol. The van der Waals surface area contributed by atoms with E-state index in [-0.39, 0.29) is 12.5 Å². The number of nitrogens with one attached hydrogen (secondary N) is 1. The van der Waals surface area contributed by atoms with Crippen LogP contribution in [0.3, 0.4) is 0 Å². The van der Waals surface area contributed by atoms with E-state index in [1.165, 1.54) is 16.8 Å². The first-order valence-corrected chi connectivity index (χ1v) is 10.0. The molecule has 2 aromatic rings. The standard InChI is InChI=1S/C18H22N4O4S/c1-15-4-6-17(7-5-15)27(24,25)22-10-8-21(9-11-22)14-18(23)20-19-13-16-3-2-12-26-16/h2-7,12-13H,8-11,14H2,1H3,(H,20,23)/b19-13+. The number of carbonyl (C=O) groups is 1. The van der Waals surface area contributed by atoms with Gasteiger partial charge >= 0.3 is 0 Å². The van der Waals surface area contributed by atoms with E-state index in [4.69, 9.17) is 4.42 Å². The van der Waals surface area contributed by atoms with Crippen molar-refractivity contribution in [3.8, 4) is 0 Å². The Labute approximate surface area is 158 Å². The van der Waals surface area contributed by atoms with Gasteiger partial charge in [-0.15, -0.1) is 0 Å². The van der Waals surface area contributed by atoms with Gasteiger partial charge in [-0.3, -0.25) is 9.69 Å². The maximum atomic E-state index is 12.7. The lowest BCUT2D eigenvalue weighted by Gasteiger charge is -2.33. The van der Waals surface area contributed by atoms with E-state index < -0.39 is 10.0 Å². The van der Waals surface area contributed by atoms with Crippen molar-refractivity contribution in [1.29, 1.82) is 0 Å². The number of amides is 1. The van der Waals surface area contributed by atoms with Gasteiger partial charge in [0.25, 0.3) is 5.91 Å². The molecular formula is C18H22N4O4S. The lowest BCUT2D eigenvalue weighted by molar-refractivity contribution is -0.122. The van der Waals surface area contributed by atoms with Crippen LogP contribution in [0.1, 0.15) is 11.3 Å². The van der Waals surface area contributed by atoms with Gasteiger partial charge in [0.1, 0.15) is 5.76 Å². The maximum absolute atomic E-state index is 12.7. The number of sulfonamides is 1. The van der Waals surface area contributed by atoms with E-state index >= 15 is 0 Å². The monoisotopic (exact) mass is 390 g/mol. The largest absolute Gasteiger partial charge is 0.463 e. The second kappa shape index (κ2) is 8.47. The zero-order valence-electron chi connectivity index (χ0n) is 15.0. The van der Waals surface area contributed by atoms with Crippen molar-refractivity contribution in [1.82, 2.24) is 14.6 Å². The van der Waals surface area contributed by atoms with Crippen LogP contribution in [0.4, 0.5) is 0 Å². The first-order chi connectivity index (χ1) is 12.9. The summed E-state index contributed by atoms with van der Waals surface area (Å²) < 4.78 is 31.9. The molecule has 0 unspecified atom stereocenters. The maximum Gasteiger partial charge on any atom is 0.254 e. The van der Waals surface area contributed by atoms with Crippen LogP contribution < -0.4 is 5.43 Å². The molecule has 1 aliphatic rings. The molecule has 1 fully saturated rings. The summed E-state index contributed by atoms with van der Waals surface area (Å²) in [5.74, 6) is 0.290. The summed E-state index contributed by atoms with van der Waals surface area (Å²) in [7, 11) is -3.50. The van der Waals surface area contributed by atoms with Gasteiger partial charge in [0.2, 0.25) is 10.0 Å². The Morgan fingerprint density at radius 2 is 1.89 bits per heavy atom. The number of piperazine rings is 1. The van der Waals surface area contributed by atoms with E-state index in [1.807, 2.05) is 11.8 Å². The molecule has 1 saturated heterocycles. The molecule has 0 radical (unpaired) electrons. The molecule has 0 atom stereocenters. The fourth-order valence-electron chi connectivity index (χ4n) is 2.76. The SMILES string of the molecule is Cc1ccc(S(=O)(=O)N2CCN(CC(=O)N/N=C/c3ccco3)CC2)cc1. The van der Waals surface area contributed by atoms with Gasteiger partial charge in [0, 0.05) is 26.2 Å². The molecule has 1 aliphatic heterocycles. The van der Waals surface area contributed by atoms with E-state index in [9.17, 15) is 13.2 Å². The Bertz CT molecular complexity index is 884. The lowest BCUT2D eigenvalue weighted by atomic mass is 10.2. The van der Waals surface area contributed by atoms with Gasteiger partial charge < -0.3 is 4.42 Å². The van der Waals surface area contributed by atoms with E-state index in [1.54, 1.807) is 36.4 Å². The Morgan fingerprint density at radius 3 is 2.52 bits per heavy atom. The zero-order chi connectivity index (χ0) is 19.3.